The first-order valence-electron chi connectivity index (χ1n) is 10.1. The molecular formula is C21H20Cl2F3N5O. The largest absolute Gasteiger partial charge is 0.435 e. The molecular weight excluding hydrogens is 466 g/mol. The predicted molar refractivity (Wildman–Crippen MR) is 115 cm³/mol. The average Bonchev–Trinajstić information content (AvgIpc) is 3.20. The molecule has 1 amide bonds. The van der Waals surface area contributed by atoms with Gasteiger partial charge in [-0.25, -0.2) is 0 Å². The number of hydrogen-bond donors (Lipinski definition) is 1. The van der Waals surface area contributed by atoms with E-state index in [-0.39, 0.29) is 17.9 Å². The minimum absolute atomic E-state index is 0.212. The summed E-state index contributed by atoms with van der Waals surface area (Å²) in [5.74, 6) is -0.234. The third kappa shape index (κ3) is 4.94. The summed E-state index contributed by atoms with van der Waals surface area (Å²) in [6.07, 6.45) is 0.199. The molecule has 6 nitrogen and oxygen atoms in total. The van der Waals surface area contributed by atoms with E-state index in [4.69, 9.17) is 23.2 Å². The number of halogens is 5. The molecule has 2 heterocycles. The van der Waals surface area contributed by atoms with Crippen molar-refractivity contribution in [3.8, 4) is 0 Å². The Morgan fingerprint density at radius 3 is 2.50 bits per heavy atom. The smallest absolute Gasteiger partial charge is 0.308 e. The van der Waals surface area contributed by atoms with Crippen molar-refractivity contribution < 1.29 is 18.0 Å². The summed E-state index contributed by atoms with van der Waals surface area (Å²) >= 11 is 12.4. The van der Waals surface area contributed by atoms with Gasteiger partial charge in [-0.2, -0.15) is 23.4 Å². The highest BCUT2D eigenvalue weighted by molar-refractivity contribution is 6.35. The van der Waals surface area contributed by atoms with Gasteiger partial charge in [0.05, 0.1) is 6.54 Å². The molecule has 0 unspecified atom stereocenters. The van der Waals surface area contributed by atoms with Gasteiger partial charge >= 0.3 is 6.18 Å². The van der Waals surface area contributed by atoms with E-state index in [0.29, 0.717) is 47.1 Å². The van der Waals surface area contributed by atoms with E-state index >= 15 is 0 Å². The molecule has 0 atom stereocenters. The number of anilines is 1. The molecule has 1 aliphatic rings. The molecule has 0 aliphatic heterocycles. The summed E-state index contributed by atoms with van der Waals surface area (Å²) in [7, 11) is 0. The summed E-state index contributed by atoms with van der Waals surface area (Å²) in [4.78, 5) is 12.5. The number of fused-ring (bicyclic) bond motifs is 1. The number of benzene rings is 1. The highest BCUT2D eigenvalue weighted by Gasteiger charge is 2.39. The molecule has 0 saturated heterocycles. The SMILES string of the molecule is O=C(Cn1nc(C(F)(F)F)c2c1CCCCC2)Nc1ccn(Cc2c(Cl)cccc2Cl)n1. The Bertz CT molecular complexity index is 1120. The van der Waals surface area contributed by atoms with Crippen molar-refractivity contribution in [1.29, 1.82) is 0 Å². The standard InChI is InChI=1S/C21H20Cl2F3N5O/c22-15-6-4-7-16(23)14(15)11-30-10-9-18(28-30)27-19(32)12-31-17-8-3-1-2-5-13(17)20(29-31)21(24,25)26/h4,6-7,9-10H,1-3,5,8,11-12H2,(H,27,28,32). The fraction of sp³-hybridized carbons (Fsp3) is 0.381. The second kappa shape index (κ2) is 9.15. The topological polar surface area (TPSA) is 64.7 Å². The average molecular weight is 486 g/mol. The molecule has 0 spiro atoms. The number of hydrogen-bond acceptors (Lipinski definition) is 3. The second-order valence-electron chi connectivity index (χ2n) is 7.64. The number of alkyl halides is 3. The van der Waals surface area contributed by atoms with Crippen LogP contribution in [0.5, 0.6) is 0 Å². The third-order valence-corrected chi connectivity index (χ3v) is 6.07. The van der Waals surface area contributed by atoms with Gasteiger partial charge in [0.2, 0.25) is 5.91 Å². The van der Waals surface area contributed by atoms with Crippen molar-refractivity contribution in [2.75, 3.05) is 5.32 Å². The van der Waals surface area contributed by atoms with Gasteiger partial charge in [-0.05, 0) is 37.8 Å². The lowest BCUT2D eigenvalue weighted by molar-refractivity contribution is -0.142. The molecule has 4 rings (SSSR count). The maximum absolute atomic E-state index is 13.4. The zero-order chi connectivity index (χ0) is 22.9. The second-order valence-corrected chi connectivity index (χ2v) is 8.45. The van der Waals surface area contributed by atoms with Crippen molar-refractivity contribution >= 4 is 34.9 Å². The Kier molecular flexibility index (Phi) is 6.48. The Hall–Kier alpha value is -2.52. The van der Waals surface area contributed by atoms with Crippen molar-refractivity contribution in [3.63, 3.8) is 0 Å². The highest BCUT2D eigenvalue weighted by atomic mass is 35.5. The van der Waals surface area contributed by atoms with Crippen LogP contribution < -0.4 is 5.32 Å². The van der Waals surface area contributed by atoms with Crippen LogP contribution in [0.3, 0.4) is 0 Å². The number of carbonyl (C=O) groups is 1. The molecule has 1 N–H and O–H groups in total. The van der Waals surface area contributed by atoms with Gasteiger partial charge in [0, 0.05) is 39.1 Å². The summed E-state index contributed by atoms with van der Waals surface area (Å²) in [5.41, 5.74) is 0.506. The van der Waals surface area contributed by atoms with Crippen LogP contribution in [0.1, 0.15) is 41.8 Å². The van der Waals surface area contributed by atoms with Gasteiger partial charge in [0.25, 0.3) is 0 Å². The van der Waals surface area contributed by atoms with E-state index in [1.165, 1.54) is 4.68 Å². The van der Waals surface area contributed by atoms with Crippen LogP contribution >= 0.6 is 23.2 Å². The van der Waals surface area contributed by atoms with Gasteiger partial charge in [0.1, 0.15) is 6.54 Å². The normalized spacial score (nSPS) is 14.2. The summed E-state index contributed by atoms with van der Waals surface area (Å²) < 4.78 is 43.0. The van der Waals surface area contributed by atoms with Gasteiger partial charge < -0.3 is 5.32 Å². The van der Waals surface area contributed by atoms with Crippen LogP contribution in [0, 0.1) is 0 Å². The molecule has 0 fully saturated rings. The number of nitrogens with one attached hydrogen (secondary N) is 1. The zero-order valence-electron chi connectivity index (χ0n) is 16.9. The maximum Gasteiger partial charge on any atom is 0.435 e. The summed E-state index contributed by atoms with van der Waals surface area (Å²) in [6.45, 7) is -0.0163. The van der Waals surface area contributed by atoms with E-state index in [0.717, 1.165) is 12.8 Å². The quantitative estimate of drug-likeness (QED) is 0.494. The highest BCUT2D eigenvalue weighted by Crippen LogP contribution is 2.35. The van der Waals surface area contributed by atoms with Crippen LogP contribution in [0.2, 0.25) is 10.0 Å². The van der Waals surface area contributed by atoms with Crippen LogP contribution in [-0.4, -0.2) is 25.5 Å². The first kappa shape index (κ1) is 22.7. The van der Waals surface area contributed by atoms with Crippen molar-refractivity contribution in [3.05, 3.63) is 63.0 Å². The van der Waals surface area contributed by atoms with Crippen molar-refractivity contribution in [1.82, 2.24) is 19.6 Å². The fourth-order valence-corrected chi connectivity index (χ4v) is 4.40. The predicted octanol–water partition coefficient (Wildman–Crippen LogP) is 5.36. The molecule has 1 aromatic carbocycles. The van der Waals surface area contributed by atoms with E-state index in [1.807, 2.05) is 0 Å². The van der Waals surface area contributed by atoms with Crippen LogP contribution in [-0.2, 0) is 36.9 Å². The van der Waals surface area contributed by atoms with E-state index in [9.17, 15) is 18.0 Å². The fourth-order valence-electron chi connectivity index (χ4n) is 3.89. The van der Waals surface area contributed by atoms with Crippen LogP contribution in [0.4, 0.5) is 19.0 Å². The lowest BCUT2D eigenvalue weighted by Crippen LogP contribution is -2.22. The molecule has 170 valence electrons. The lowest BCUT2D eigenvalue weighted by atomic mass is 10.1. The maximum atomic E-state index is 13.4. The Morgan fingerprint density at radius 2 is 1.78 bits per heavy atom. The summed E-state index contributed by atoms with van der Waals surface area (Å²) in [5, 5.41) is 11.6. The Labute approximate surface area is 192 Å². The number of carbonyl (C=O) groups excluding carboxylic acids is 1. The first-order valence-corrected chi connectivity index (χ1v) is 10.9. The zero-order valence-corrected chi connectivity index (χ0v) is 18.4. The minimum Gasteiger partial charge on any atom is -0.308 e. The van der Waals surface area contributed by atoms with Crippen LogP contribution in [0.25, 0.3) is 0 Å². The van der Waals surface area contributed by atoms with E-state index < -0.39 is 17.8 Å². The molecule has 3 aromatic rings. The molecule has 0 bridgehead atoms. The number of aromatic nitrogens is 4. The molecule has 1 aliphatic carbocycles. The summed E-state index contributed by atoms with van der Waals surface area (Å²) in [6, 6.07) is 6.77. The van der Waals surface area contributed by atoms with Gasteiger partial charge in [-0.1, -0.05) is 35.7 Å². The number of amides is 1. The van der Waals surface area contributed by atoms with Crippen molar-refractivity contribution in [2.24, 2.45) is 0 Å². The molecule has 0 radical (unpaired) electrons. The van der Waals surface area contributed by atoms with E-state index in [1.54, 1.807) is 35.1 Å². The number of nitrogens with zero attached hydrogens (tertiary/aromatic N) is 4. The Morgan fingerprint density at radius 1 is 1.06 bits per heavy atom. The third-order valence-electron chi connectivity index (χ3n) is 5.36. The molecule has 2 aromatic heterocycles. The molecule has 32 heavy (non-hydrogen) atoms. The Balaban J connectivity index is 1.48. The molecule has 0 saturated carbocycles. The molecule has 11 heteroatoms. The van der Waals surface area contributed by atoms with Gasteiger partial charge in [-0.15, -0.1) is 0 Å². The van der Waals surface area contributed by atoms with Crippen molar-refractivity contribution in [2.45, 2.75) is 51.4 Å². The number of rotatable bonds is 5. The monoisotopic (exact) mass is 485 g/mol. The first-order chi connectivity index (χ1) is 15.2. The van der Waals surface area contributed by atoms with Crippen LogP contribution in [0.15, 0.2) is 30.5 Å². The van der Waals surface area contributed by atoms with E-state index in [2.05, 4.69) is 15.5 Å². The van der Waals surface area contributed by atoms with Gasteiger partial charge in [-0.3, -0.25) is 14.2 Å². The minimum atomic E-state index is -4.55. The van der Waals surface area contributed by atoms with Gasteiger partial charge in [0.15, 0.2) is 11.5 Å². The lowest BCUT2D eigenvalue weighted by Gasteiger charge is -2.08.